The van der Waals surface area contributed by atoms with Crippen molar-refractivity contribution in [2.75, 3.05) is 6.54 Å². The van der Waals surface area contributed by atoms with Gasteiger partial charge in [0.2, 0.25) is 10.0 Å². The maximum Gasteiger partial charge on any atom is 0.244 e. The highest BCUT2D eigenvalue weighted by Crippen LogP contribution is 2.23. The number of aromatic nitrogens is 1. The van der Waals surface area contributed by atoms with E-state index in [-0.39, 0.29) is 6.04 Å². The second kappa shape index (κ2) is 7.48. The largest absolute Gasteiger partial charge is 0.352 e. The summed E-state index contributed by atoms with van der Waals surface area (Å²) in [5, 5.41) is 0. The van der Waals surface area contributed by atoms with Gasteiger partial charge >= 0.3 is 0 Å². The van der Waals surface area contributed by atoms with Gasteiger partial charge in [-0.05, 0) is 25.8 Å². The van der Waals surface area contributed by atoms with Crippen LogP contribution in [0.1, 0.15) is 45.7 Å². The van der Waals surface area contributed by atoms with Crippen molar-refractivity contribution in [1.82, 2.24) is 8.87 Å². The van der Waals surface area contributed by atoms with E-state index in [2.05, 4.69) is 6.92 Å². The van der Waals surface area contributed by atoms with E-state index in [0.717, 1.165) is 25.0 Å². The maximum absolute atomic E-state index is 12.8. The Kier molecular flexibility index (Phi) is 6.55. The molecule has 0 amide bonds. The molecule has 0 aromatic carbocycles. The van der Waals surface area contributed by atoms with Crippen LogP contribution < -0.4 is 0 Å². The first-order chi connectivity index (χ1) is 9.38. The molecule has 4 nitrogen and oxygen atoms in total. The topological polar surface area (TPSA) is 42.3 Å². The van der Waals surface area contributed by atoms with Gasteiger partial charge in [0.25, 0.3) is 0 Å². The Hall–Kier alpha value is -0.520. The third-order valence-electron chi connectivity index (χ3n) is 3.64. The van der Waals surface area contributed by atoms with Crippen molar-refractivity contribution in [3.8, 4) is 0 Å². The number of sulfonamides is 1. The molecule has 6 heteroatoms. The van der Waals surface area contributed by atoms with Gasteiger partial charge < -0.3 is 4.57 Å². The summed E-state index contributed by atoms with van der Waals surface area (Å²) in [5.41, 5.74) is 0.810. The van der Waals surface area contributed by atoms with Gasteiger partial charge in [0.1, 0.15) is 4.90 Å². The summed E-state index contributed by atoms with van der Waals surface area (Å²) in [6.45, 7) is 6.60. The molecule has 0 N–H and O–H groups in total. The second-order valence-electron chi connectivity index (χ2n) is 5.14. The third-order valence-corrected chi connectivity index (χ3v) is 5.89. The van der Waals surface area contributed by atoms with Crippen molar-refractivity contribution in [2.24, 2.45) is 7.05 Å². The zero-order chi connectivity index (χ0) is 15.3. The van der Waals surface area contributed by atoms with Crippen molar-refractivity contribution >= 4 is 21.6 Å². The molecule has 1 rings (SSSR count). The van der Waals surface area contributed by atoms with Crippen molar-refractivity contribution in [3.63, 3.8) is 0 Å². The summed E-state index contributed by atoms with van der Waals surface area (Å²) >= 11 is 5.82. The van der Waals surface area contributed by atoms with E-state index in [0.29, 0.717) is 17.3 Å². The summed E-state index contributed by atoms with van der Waals surface area (Å²) in [6.07, 6.45) is 4.30. The highest BCUT2D eigenvalue weighted by atomic mass is 35.5. The van der Waals surface area contributed by atoms with E-state index >= 15 is 0 Å². The Morgan fingerprint density at radius 3 is 2.50 bits per heavy atom. The molecule has 1 unspecified atom stereocenters. The lowest BCUT2D eigenvalue weighted by Gasteiger charge is -2.27. The molecule has 0 aliphatic heterocycles. The third kappa shape index (κ3) is 3.77. The molecule has 1 aromatic heterocycles. The zero-order valence-electron chi connectivity index (χ0n) is 12.8. The molecule has 0 fully saturated rings. The van der Waals surface area contributed by atoms with Gasteiger partial charge in [-0.3, -0.25) is 0 Å². The summed E-state index contributed by atoms with van der Waals surface area (Å²) in [5.74, 6) is 0.310. The van der Waals surface area contributed by atoms with Gasteiger partial charge in [-0.2, -0.15) is 4.31 Å². The number of nitrogens with zero attached hydrogens (tertiary/aromatic N) is 2. The molecule has 0 bridgehead atoms. The number of rotatable bonds is 8. The Morgan fingerprint density at radius 2 is 2.05 bits per heavy atom. The minimum absolute atomic E-state index is 0.00575. The molecular formula is C14H25ClN2O2S. The Labute approximate surface area is 127 Å². The number of halogens is 1. The van der Waals surface area contributed by atoms with Gasteiger partial charge in [-0.15, -0.1) is 11.6 Å². The maximum atomic E-state index is 12.8. The van der Waals surface area contributed by atoms with Crippen LogP contribution in [0, 0.1) is 0 Å². The monoisotopic (exact) mass is 320 g/mol. The number of hydrogen-bond acceptors (Lipinski definition) is 2. The van der Waals surface area contributed by atoms with Gasteiger partial charge in [0.15, 0.2) is 0 Å². The van der Waals surface area contributed by atoms with E-state index in [9.17, 15) is 8.42 Å². The average molecular weight is 321 g/mol. The van der Waals surface area contributed by atoms with Crippen molar-refractivity contribution in [2.45, 2.75) is 56.9 Å². The molecule has 20 heavy (non-hydrogen) atoms. The van der Waals surface area contributed by atoms with Crippen LogP contribution in [-0.4, -0.2) is 29.9 Å². The molecule has 116 valence electrons. The molecule has 0 aliphatic carbocycles. The van der Waals surface area contributed by atoms with E-state index in [4.69, 9.17) is 11.6 Å². The summed E-state index contributed by atoms with van der Waals surface area (Å²) in [6, 6.07) is 1.68. The molecule has 0 spiro atoms. The normalized spacial score (nSPS) is 13.9. The van der Waals surface area contributed by atoms with Crippen molar-refractivity contribution in [1.29, 1.82) is 0 Å². The minimum atomic E-state index is -3.44. The lowest BCUT2D eigenvalue weighted by molar-refractivity contribution is 0.324. The van der Waals surface area contributed by atoms with Gasteiger partial charge in [0, 0.05) is 31.5 Å². The first kappa shape index (κ1) is 17.5. The fourth-order valence-corrected chi connectivity index (χ4v) is 4.19. The van der Waals surface area contributed by atoms with Crippen molar-refractivity contribution < 1.29 is 8.42 Å². The predicted molar refractivity (Wildman–Crippen MR) is 83.5 cm³/mol. The van der Waals surface area contributed by atoms with Gasteiger partial charge in [0.05, 0.1) is 5.88 Å². The fourth-order valence-electron chi connectivity index (χ4n) is 2.08. The van der Waals surface area contributed by atoms with Gasteiger partial charge in [-0.25, -0.2) is 8.42 Å². The van der Waals surface area contributed by atoms with E-state index in [1.54, 1.807) is 21.1 Å². The molecule has 0 saturated carbocycles. The SMILES string of the molecule is CCCCN(C(C)CC)S(=O)(=O)c1cc(CCl)n(C)c1. The number of unbranched alkanes of at least 4 members (excludes halogenated alkanes) is 1. The van der Waals surface area contributed by atoms with Crippen LogP contribution in [0.2, 0.25) is 0 Å². The molecule has 1 aromatic rings. The first-order valence-electron chi connectivity index (χ1n) is 7.11. The average Bonchev–Trinajstić information content (AvgIpc) is 2.80. The van der Waals surface area contributed by atoms with Crippen LogP contribution in [-0.2, 0) is 23.0 Å². The van der Waals surface area contributed by atoms with Crippen LogP contribution >= 0.6 is 11.6 Å². The molecule has 0 radical (unpaired) electrons. The molecule has 1 heterocycles. The summed E-state index contributed by atoms with van der Waals surface area (Å²) in [7, 11) is -1.63. The van der Waals surface area contributed by atoms with E-state index in [1.165, 1.54) is 0 Å². The van der Waals surface area contributed by atoms with Crippen molar-refractivity contribution in [3.05, 3.63) is 18.0 Å². The Bertz CT molecular complexity index is 525. The number of aryl methyl sites for hydroxylation is 1. The molecule has 0 aliphatic rings. The quantitative estimate of drug-likeness (QED) is 0.689. The summed E-state index contributed by atoms with van der Waals surface area (Å²) < 4.78 is 29.0. The van der Waals surface area contributed by atoms with E-state index in [1.807, 2.05) is 20.9 Å². The number of alkyl halides is 1. The van der Waals surface area contributed by atoms with Crippen LogP contribution in [0.15, 0.2) is 17.2 Å². The van der Waals surface area contributed by atoms with Gasteiger partial charge in [-0.1, -0.05) is 20.3 Å². The fraction of sp³-hybridized carbons (Fsp3) is 0.714. The Balaban J connectivity index is 3.14. The zero-order valence-corrected chi connectivity index (χ0v) is 14.3. The highest BCUT2D eigenvalue weighted by Gasteiger charge is 2.29. The van der Waals surface area contributed by atoms with Crippen LogP contribution in [0.3, 0.4) is 0 Å². The second-order valence-corrected chi connectivity index (χ2v) is 7.30. The molecular weight excluding hydrogens is 296 g/mol. The first-order valence-corrected chi connectivity index (χ1v) is 9.08. The van der Waals surface area contributed by atoms with Crippen LogP contribution in [0.5, 0.6) is 0 Å². The number of hydrogen-bond donors (Lipinski definition) is 0. The smallest absolute Gasteiger partial charge is 0.244 e. The van der Waals surface area contributed by atoms with Crippen LogP contribution in [0.25, 0.3) is 0 Å². The summed E-state index contributed by atoms with van der Waals surface area (Å²) in [4.78, 5) is 0.340. The molecule has 1 atom stereocenters. The van der Waals surface area contributed by atoms with E-state index < -0.39 is 10.0 Å². The minimum Gasteiger partial charge on any atom is -0.352 e. The predicted octanol–water partition coefficient (Wildman–Crippen LogP) is 3.35. The van der Waals surface area contributed by atoms with Crippen LogP contribution in [0.4, 0.5) is 0 Å². The lowest BCUT2D eigenvalue weighted by Crippen LogP contribution is -2.38. The molecule has 0 saturated heterocycles. The highest BCUT2D eigenvalue weighted by molar-refractivity contribution is 7.89. The standard InChI is InChI=1S/C14H25ClN2O2S/c1-5-7-8-17(12(3)6-2)20(18,19)14-9-13(10-15)16(4)11-14/h9,11-12H,5-8,10H2,1-4H3. The Morgan fingerprint density at radius 1 is 1.40 bits per heavy atom. The lowest BCUT2D eigenvalue weighted by atomic mass is 10.2.